The standard InChI is InChI=1S/C18H29N3O2S/c1-15(2)20-11-13-21(14-12-20)17-9-7-16(8-10-17)19-24(22,23)18-5-3-4-6-18/h7-10,15,18-19H,3-6,11-14H2,1-2H3. The number of hydrogen-bond donors (Lipinski definition) is 1. The van der Waals surface area contributed by atoms with Crippen LogP contribution in [0, 0.1) is 0 Å². The maximum absolute atomic E-state index is 12.4. The van der Waals surface area contributed by atoms with E-state index in [2.05, 4.69) is 28.4 Å². The molecule has 1 saturated carbocycles. The third kappa shape index (κ3) is 4.03. The van der Waals surface area contributed by atoms with Crippen LogP contribution < -0.4 is 9.62 Å². The van der Waals surface area contributed by atoms with Gasteiger partial charge in [0.1, 0.15) is 0 Å². The Morgan fingerprint density at radius 2 is 1.58 bits per heavy atom. The molecule has 5 nitrogen and oxygen atoms in total. The fourth-order valence-electron chi connectivity index (χ4n) is 3.68. The summed E-state index contributed by atoms with van der Waals surface area (Å²) < 4.78 is 27.5. The van der Waals surface area contributed by atoms with Gasteiger partial charge in [0, 0.05) is 43.6 Å². The molecule has 0 radical (unpaired) electrons. The van der Waals surface area contributed by atoms with E-state index >= 15 is 0 Å². The van der Waals surface area contributed by atoms with Gasteiger partial charge in [0.2, 0.25) is 10.0 Å². The first-order valence-electron chi connectivity index (χ1n) is 9.06. The molecule has 1 aromatic rings. The lowest BCUT2D eigenvalue weighted by Crippen LogP contribution is -2.48. The van der Waals surface area contributed by atoms with E-state index in [0.29, 0.717) is 11.7 Å². The molecule has 1 saturated heterocycles. The largest absolute Gasteiger partial charge is 0.369 e. The first kappa shape index (κ1) is 17.5. The van der Waals surface area contributed by atoms with Crippen LogP contribution in [0.1, 0.15) is 39.5 Å². The second kappa shape index (κ2) is 7.31. The third-order valence-corrected chi connectivity index (χ3v) is 7.15. The molecule has 1 N–H and O–H groups in total. The molecule has 3 rings (SSSR count). The molecular formula is C18H29N3O2S. The molecule has 6 heteroatoms. The van der Waals surface area contributed by atoms with Gasteiger partial charge in [-0.3, -0.25) is 9.62 Å². The van der Waals surface area contributed by atoms with Gasteiger partial charge in [-0.15, -0.1) is 0 Å². The second-order valence-electron chi connectivity index (χ2n) is 7.22. The number of nitrogens with zero attached hydrogens (tertiary/aromatic N) is 2. The molecule has 2 fully saturated rings. The summed E-state index contributed by atoms with van der Waals surface area (Å²) in [5.74, 6) is 0. The Hall–Kier alpha value is -1.27. The molecule has 1 aliphatic heterocycles. The van der Waals surface area contributed by atoms with Gasteiger partial charge in [0.25, 0.3) is 0 Å². The monoisotopic (exact) mass is 351 g/mol. The van der Waals surface area contributed by atoms with Crippen molar-refractivity contribution in [1.82, 2.24) is 4.90 Å². The topological polar surface area (TPSA) is 52.6 Å². The normalized spacial score (nSPS) is 20.7. The lowest BCUT2D eigenvalue weighted by atomic mass is 10.2. The van der Waals surface area contributed by atoms with Gasteiger partial charge in [-0.1, -0.05) is 12.8 Å². The molecule has 1 aliphatic carbocycles. The van der Waals surface area contributed by atoms with Gasteiger partial charge in [0.05, 0.1) is 5.25 Å². The van der Waals surface area contributed by atoms with Gasteiger partial charge < -0.3 is 4.90 Å². The summed E-state index contributed by atoms with van der Waals surface area (Å²) in [5, 5.41) is -0.221. The van der Waals surface area contributed by atoms with E-state index in [-0.39, 0.29) is 5.25 Å². The van der Waals surface area contributed by atoms with E-state index in [1.807, 2.05) is 24.3 Å². The molecule has 0 bridgehead atoms. The van der Waals surface area contributed by atoms with Crippen molar-refractivity contribution in [3.63, 3.8) is 0 Å². The van der Waals surface area contributed by atoms with E-state index < -0.39 is 10.0 Å². The molecule has 134 valence electrons. The van der Waals surface area contributed by atoms with E-state index in [1.165, 1.54) is 5.69 Å². The second-order valence-corrected chi connectivity index (χ2v) is 9.18. The quantitative estimate of drug-likeness (QED) is 0.886. The zero-order valence-electron chi connectivity index (χ0n) is 14.7. The number of benzene rings is 1. The number of piperazine rings is 1. The predicted octanol–water partition coefficient (Wildman–Crippen LogP) is 2.90. The Morgan fingerprint density at radius 3 is 2.12 bits per heavy atom. The average Bonchev–Trinajstić information content (AvgIpc) is 3.11. The highest BCUT2D eigenvalue weighted by Crippen LogP contribution is 2.27. The predicted molar refractivity (Wildman–Crippen MR) is 100 cm³/mol. The first-order valence-corrected chi connectivity index (χ1v) is 10.6. The Labute approximate surface area is 146 Å². The first-order chi connectivity index (χ1) is 11.5. The van der Waals surface area contributed by atoms with Crippen LogP contribution in [0.4, 0.5) is 11.4 Å². The summed E-state index contributed by atoms with van der Waals surface area (Å²) in [5.41, 5.74) is 1.84. The molecule has 0 unspecified atom stereocenters. The van der Waals surface area contributed by atoms with Crippen molar-refractivity contribution in [2.45, 2.75) is 50.8 Å². The van der Waals surface area contributed by atoms with Crippen molar-refractivity contribution in [3.8, 4) is 0 Å². The SMILES string of the molecule is CC(C)N1CCN(c2ccc(NS(=O)(=O)C3CCCC3)cc2)CC1. The van der Waals surface area contributed by atoms with E-state index in [0.717, 1.165) is 51.9 Å². The fraction of sp³-hybridized carbons (Fsp3) is 0.667. The Kier molecular flexibility index (Phi) is 5.35. The van der Waals surface area contributed by atoms with Crippen LogP contribution in [0.2, 0.25) is 0 Å². The minimum atomic E-state index is -3.24. The lowest BCUT2D eigenvalue weighted by molar-refractivity contribution is 0.209. The summed E-state index contributed by atoms with van der Waals surface area (Å²) in [7, 11) is -3.24. The van der Waals surface area contributed by atoms with Crippen LogP contribution >= 0.6 is 0 Å². The van der Waals surface area contributed by atoms with E-state index in [9.17, 15) is 8.42 Å². The van der Waals surface area contributed by atoms with Crippen LogP contribution in [0.3, 0.4) is 0 Å². The Balaban J connectivity index is 1.60. The van der Waals surface area contributed by atoms with Crippen molar-refractivity contribution in [1.29, 1.82) is 0 Å². The molecule has 0 aromatic heterocycles. The molecule has 0 atom stereocenters. The number of hydrogen-bond acceptors (Lipinski definition) is 4. The maximum Gasteiger partial charge on any atom is 0.235 e. The molecule has 1 heterocycles. The molecular weight excluding hydrogens is 322 g/mol. The third-order valence-electron chi connectivity index (χ3n) is 5.28. The molecule has 2 aliphatic rings. The fourth-order valence-corrected chi connectivity index (χ4v) is 5.27. The summed E-state index contributed by atoms with van der Waals surface area (Å²) >= 11 is 0. The molecule has 0 spiro atoms. The van der Waals surface area contributed by atoms with Gasteiger partial charge in [0.15, 0.2) is 0 Å². The maximum atomic E-state index is 12.4. The summed E-state index contributed by atoms with van der Waals surface area (Å²) in [6, 6.07) is 8.42. The van der Waals surface area contributed by atoms with Gasteiger partial charge >= 0.3 is 0 Å². The molecule has 24 heavy (non-hydrogen) atoms. The Bertz CT molecular complexity index is 629. The summed E-state index contributed by atoms with van der Waals surface area (Å²) in [4.78, 5) is 4.86. The number of anilines is 2. The van der Waals surface area contributed by atoms with E-state index in [1.54, 1.807) is 0 Å². The van der Waals surface area contributed by atoms with Crippen molar-refractivity contribution in [3.05, 3.63) is 24.3 Å². The van der Waals surface area contributed by atoms with Crippen LogP contribution in [-0.2, 0) is 10.0 Å². The van der Waals surface area contributed by atoms with Crippen molar-refractivity contribution in [2.24, 2.45) is 0 Å². The minimum Gasteiger partial charge on any atom is -0.369 e. The van der Waals surface area contributed by atoms with Crippen LogP contribution in [0.5, 0.6) is 0 Å². The van der Waals surface area contributed by atoms with Crippen molar-refractivity contribution < 1.29 is 8.42 Å². The highest BCUT2D eigenvalue weighted by molar-refractivity contribution is 7.93. The smallest absolute Gasteiger partial charge is 0.235 e. The van der Waals surface area contributed by atoms with Gasteiger partial charge in [-0.05, 0) is 51.0 Å². The molecule has 0 amide bonds. The highest BCUT2D eigenvalue weighted by Gasteiger charge is 2.28. The van der Waals surface area contributed by atoms with Gasteiger partial charge in [-0.2, -0.15) is 0 Å². The minimum absolute atomic E-state index is 0.221. The highest BCUT2D eigenvalue weighted by atomic mass is 32.2. The number of sulfonamides is 1. The van der Waals surface area contributed by atoms with E-state index in [4.69, 9.17) is 0 Å². The summed E-state index contributed by atoms with van der Waals surface area (Å²) in [6.45, 7) is 8.67. The van der Waals surface area contributed by atoms with Crippen molar-refractivity contribution >= 4 is 21.4 Å². The number of rotatable bonds is 5. The Morgan fingerprint density at radius 1 is 1.00 bits per heavy atom. The summed E-state index contributed by atoms with van der Waals surface area (Å²) in [6.07, 6.45) is 3.61. The molecule has 1 aromatic carbocycles. The number of nitrogens with one attached hydrogen (secondary N) is 1. The van der Waals surface area contributed by atoms with Crippen LogP contribution in [0.25, 0.3) is 0 Å². The zero-order valence-corrected chi connectivity index (χ0v) is 15.6. The van der Waals surface area contributed by atoms with Crippen LogP contribution in [-0.4, -0.2) is 50.8 Å². The zero-order chi connectivity index (χ0) is 17.2. The van der Waals surface area contributed by atoms with Crippen molar-refractivity contribution in [2.75, 3.05) is 35.8 Å². The lowest BCUT2D eigenvalue weighted by Gasteiger charge is -2.38. The average molecular weight is 352 g/mol. The van der Waals surface area contributed by atoms with Crippen LogP contribution in [0.15, 0.2) is 24.3 Å². The van der Waals surface area contributed by atoms with Gasteiger partial charge in [-0.25, -0.2) is 8.42 Å².